The number of nitrogens with zero attached hydrogens (tertiary/aromatic N) is 5. The van der Waals surface area contributed by atoms with Gasteiger partial charge in [0.2, 0.25) is 16.0 Å². The summed E-state index contributed by atoms with van der Waals surface area (Å²) in [6.07, 6.45) is 2.26. The Kier molecular flexibility index (Phi) is 5.39. The van der Waals surface area contributed by atoms with Crippen LogP contribution in [0.15, 0.2) is 29.2 Å². The molecule has 4 rings (SSSR count). The van der Waals surface area contributed by atoms with Gasteiger partial charge >= 0.3 is 0 Å². The van der Waals surface area contributed by atoms with Gasteiger partial charge in [-0.3, -0.25) is 0 Å². The highest BCUT2D eigenvalue weighted by atomic mass is 32.2. The Morgan fingerprint density at radius 3 is 2.07 bits per heavy atom. The van der Waals surface area contributed by atoms with E-state index in [2.05, 4.69) is 14.9 Å². The smallest absolute Gasteiger partial charge is 0.243 e. The van der Waals surface area contributed by atoms with E-state index < -0.39 is 21.7 Å². The number of benzene rings is 1. The maximum Gasteiger partial charge on any atom is 0.243 e. The molecule has 1 aromatic carbocycles. The van der Waals surface area contributed by atoms with E-state index in [-0.39, 0.29) is 18.0 Å². The van der Waals surface area contributed by atoms with Crippen molar-refractivity contribution in [1.82, 2.24) is 14.3 Å². The molecular formula is C19H23F2N5O2S. The zero-order valence-electron chi connectivity index (χ0n) is 16.2. The van der Waals surface area contributed by atoms with Crippen molar-refractivity contribution in [2.75, 3.05) is 49.1 Å². The minimum absolute atomic E-state index is 0.211. The monoisotopic (exact) mass is 423 g/mol. The van der Waals surface area contributed by atoms with E-state index in [1.54, 1.807) is 0 Å². The Labute approximate surface area is 169 Å². The third kappa shape index (κ3) is 4.18. The fourth-order valence-electron chi connectivity index (χ4n) is 3.74. The van der Waals surface area contributed by atoms with E-state index in [1.807, 2.05) is 17.9 Å². The maximum atomic E-state index is 13.5. The summed E-state index contributed by atoms with van der Waals surface area (Å²) in [7, 11) is -3.96. The molecule has 7 nitrogen and oxygen atoms in total. The summed E-state index contributed by atoms with van der Waals surface area (Å²) in [4.78, 5) is 13.0. The lowest BCUT2D eigenvalue weighted by atomic mass is 10.3. The second-order valence-electron chi connectivity index (χ2n) is 7.36. The molecule has 0 aliphatic carbocycles. The average Bonchev–Trinajstić information content (AvgIpc) is 3.22. The average molecular weight is 423 g/mol. The molecule has 2 saturated heterocycles. The third-order valence-corrected chi connectivity index (χ3v) is 7.13. The minimum Gasteiger partial charge on any atom is -0.354 e. The van der Waals surface area contributed by atoms with Crippen LogP contribution in [0.25, 0.3) is 0 Å². The Morgan fingerprint density at radius 1 is 0.828 bits per heavy atom. The summed E-state index contributed by atoms with van der Waals surface area (Å²) >= 11 is 0. The van der Waals surface area contributed by atoms with Gasteiger partial charge in [-0.15, -0.1) is 0 Å². The van der Waals surface area contributed by atoms with Crippen molar-refractivity contribution in [1.29, 1.82) is 0 Å². The van der Waals surface area contributed by atoms with E-state index in [0.29, 0.717) is 25.1 Å². The summed E-state index contributed by atoms with van der Waals surface area (Å²) in [5, 5.41) is 0. The van der Waals surface area contributed by atoms with E-state index >= 15 is 0 Å². The van der Waals surface area contributed by atoms with Crippen LogP contribution in [0.5, 0.6) is 0 Å². The Morgan fingerprint density at radius 2 is 1.45 bits per heavy atom. The maximum absolute atomic E-state index is 13.5. The quantitative estimate of drug-likeness (QED) is 0.751. The highest BCUT2D eigenvalue weighted by Crippen LogP contribution is 2.24. The molecule has 0 radical (unpaired) electrons. The van der Waals surface area contributed by atoms with Crippen molar-refractivity contribution >= 4 is 21.8 Å². The molecular weight excluding hydrogens is 400 g/mol. The lowest BCUT2D eigenvalue weighted by Gasteiger charge is -2.35. The summed E-state index contributed by atoms with van der Waals surface area (Å²) < 4.78 is 53.7. The predicted molar refractivity (Wildman–Crippen MR) is 106 cm³/mol. The topological polar surface area (TPSA) is 69.6 Å². The van der Waals surface area contributed by atoms with Crippen molar-refractivity contribution in [3.8, 4) is 0 Å². The van der Waals surface area contributed by atoms with Gasteiger partial charge in [0.15, 0.2) is 0 Å². The van der Waals surface area contributed by atoms with Crippen molar-refractivity contribution in [3.05, 3.63) is 41.6 Å². The van der Waals surface area contributed by atoms with Gasteiger partial charge in [-0.1, -0.05) is 0 Å². The van der Waals surface area contributed by atoms with Crippen LogP contribution in [0.2, 0.25) is 0 Å². The first-order chi connectivity index (χ1) is 13.8. The Hall–Kier alpha value is -2.33. The molecule has 1 aromatic heterocycles. The SMILES string of the molecule is Cc1cc(N2CCN(S(=O)(=O)c3cc(F)cc(F)c3)CC2)nc(N2CCCC2)n1. The molecule has 156 valence electrons. The molecule has 0 unspecified atom stereocenters. The molecule has 0 N–H and O–H groups in total. The number of halogens is 2. The Balaban J connectivity index is 1.49. The molecule has 3 heterocycles. The number of aryl methyl sites for hydroxylation is 1. The van der Waals surface area contributed by atoms with Gasteiger partial charge in [-0.2, -0.15) is 9.29 Å². The van der Waals surface area contributed by atoms with Crippen molar-refractivity contribution in [3.63, 3.8) is 0 Å². The molecule has 2 aromatic rings. The Bertz CT molecular complexity index is 983. The van der Waals surface area contributed by atoms with Gasteiger partial charge in [0.05, 0.1) is 4.90 Å². The molecule has 2 aliphatic rings. The number of aromatic nitrogens is 2. The van der Waals surface area contributed by atoms with Gasteiger partial charge in [-0.25, -0.2) is 22.2 Å². The van der Waals surface area contributed by atoms with Crippen molar-refractivity contribution in [2.24, 2.45) is 0 Å². The van der Waals surface area contributed by atoms with Gasteiger partial charge < -0.3 is 9.80 Å². The second kappa shape index (κ2) is 7.83. The number of hydrogen-bond donors (Lipinski definition) is 0. The summed E-state index contributed by atoms with van der Waals surface area (Å²) in [5.74, 6) is -0.336. The minimum atomic E-state index is -3.96. The first-order valence-corrected chi connectivity index (χ1v) is 11.1. The fraction of sp³-hybridized carbons (Fsp3) is 0.474. The van der Waals surface area contributed by atoms with E-state index in [9.17, 15) is 17.2 Å². The molecule has 2 fully saturated rings. The van der Waals surface area contributed by atoms with Crippen LogP contribution in [-0.4, -0.2) is 62.0 Å². The zero-order valence-corrected chi connectivity index (χ0v) is 17.0. The van der Waals surface area contributed by atoms with Crippen LogP contribution in [0.3, 0.4) is 0 Å². The standard InChI is InChI=1S/C19H23F2N5O2S/c1-14-10-18(23-19(22-14)25-4-2-3-5-25)24-6-8-26(9-7-24)29(27,28)17-12-15(20)11-16(21)13-17/h10-13H,2-9H2,1H3. The van der Waals surface area contributed by atoms with E-state index in [1.165, 1.54) is 4.31 Å². The van der Waals surface area contributed by atoms with Crippen LogP contribution in [0, 0.1) is 18.6 Å². The second-order valence-corrected chi connectivity index (χ2v) is 9.30. The van der Waals surface area contributed by atoms with Crippen molar-refractivity contribution in [2.45, 2.75) is 24.7 Å². The first kappa shape index (κ1) is 20.0. The summed E-state index contributed by atoms with van der Waals surface area (Å²) in [6.45, 7) is 5.10. The fourth-order valence-corrected chi connectivity index (χ4v) is 5.21. The molecule has 10 heteroatoms. The lowest BCUT2D eigenvalue weighted by molar-refractivity contribution is 0.383. The number of rotatable bonds is 4. The van der Waals surface area contributed by atoms with Gasteiger partial charge in [-0.05, 0) is 31.9 Å². The van der Waals surface area contributed by atoms with Crippen LogP contribution < -0.4 is 9.80 Å². The molecule has 0 atom stereocenters. The molecule has 0 amide bonds. The molecule has 29 heavy (non-hydrogen) atoms. The predicted octanol–water partition coefficient (Wildman–Crippen LogP) is 2.17. The van der Waals surface area contributed by atoms with Crippen LogP contribution >= 0.6 is 0 Å². The molecule has 0 spiro atoms. The number of hydrogen-bond acceptors (Lipinski definition) is 6. The van der Waals surface area contributed by atoms with Crippen LogP contribution in [0.4, 0.5) is 20.5 Å². The summed E-state index contributed by atoms with van der Waals surface area (Å²) in [5.41, 5.74) is 0.863. The molecule has 0 bridgehead atoms. The largest absolute Gasteiger partial charge is 0.354 e. The number of piperazine rings is 1. The highest BCUT2D eigenvalue weighted by Gasteiger charge is 2.30. The lowest BCUT2D eigenvalue weighted by Crippen LogP contribution is -2.49. The first-order valence-electron chi connectivity index (χ1n) is 9.65. The van der Waals surface area contributed by atoms with Crippen LogP contribution in [0.1, 0.15) is 18.5 Å². The normalized spacial score (nSPS) is 18.4. The van der Waals surface area contributed by atoms with Gasteiger partial charge in [0.25, 0.3) is 0 Å². The number of anilines is 2. The van der Waals surface area contributed by atoms with Crippen molar-refractivity contribution < 1.29 is 17.2 Å². The number of sulfonamides is 1. The third-order valence-electron chi connectivity index (χ3n) is 5.25. The van der Waals surface area contributed by atoms with E-state index in [0.717, 1.165) is 49.6 Å². The molecule has 0 saturated carbocycles. The van der Waals surface area contributed by atoms with E-state index in [4.69, 9.17) is 0 Å². The highest BCUT2D eigenvalue weighted by molar-refractivity contribution is 7.89. The molecule has 2 aliphatic heterocycles. The van der Waals surface area contributed by atoms with Crippen LogP contribution in [-0.2, 0) is 10.0 Å². The zero-order chi connectivity index (χ0) is 20.6. The van der Waals surface area contributed by atoms with Gasteiger partial charge in [0.1, 0.15) is 17.5 Å². The summed E-state index contributed by atoms with van der Waals surface area (Å²) in [6, 6.07) is 4.25. The van der Waals surface area contributed by atoms with Gasteiger partial charge in [0, 0.05) is 57.1 Å².